The van der Waals surface area contributed by atoms with Gasteiger partial charge in [0, 0.05) is 30.8 Å². The fourth-order valence-corrected chi connectivity index (χ4v) is 4.98. The number of carboxylic acid groups (broad SMARTS) is 1. The Morgan fingerprint density at radius 3 is 2.38 bits per heavy atom. The Labute approximate surface area is 225 Å². The number of methoxy groups -OCH3 is 1. The summed E-state index contributed by atoms with van der Waals surface area (Å²) in [5.74, 6) is -0.0868. The Morgan fingerprint density at radius 1 is 1.05 bits per heavy atom. The van der Waals surface area contributed by atoms with Crippen molar-refractivity contribution in [2.45, 2.75) is 44.9 Å². The SMILES string of the molecule is COc1cc(CN(C2CC(C(=O)O)C2)C(C)c2ccc(Cl)c(Cl)c2)ccc1OCCn1c(O)ccc1O. The van der Waals surface area contributed by atoms with Crippen LogP contribution in [0, 0.1) is 5.92 Å². The average Bonchev–Trinajstić information content (AvgIpc) is 3.16. The van der Waals surface area contributed by atoms with Gasteiger partial charge in [-0.25, -0.2) is 0 Å². The minimum atomic E-state index is -0.761. The molecule has 10 heteroatoms. The van der Waals surface area contributed by atoms with Crippen LogP contribution in [0.4, 0.5) is 0 Å². The molecule has 8 nitrogen and oxygen atoms in total. The number of aromatic nitrogens is 1. The molecule has 0 saturated heterocycles. The molecule has 1 saturated carbocycles. The van der Waals surface area contributed by atoms with E-state index in [0.29, 0.717) is 40.9 Å². The van der Waals surface area contributed by atoms with Crippen molar-refractivity contribution >= 4 is 29.2 Å². The van der Waals surface area contributed by atoms with Gasteiger partial charge in [-0.3, -0.25) is 14.3 Å². The summed E-state index contributed by atoms with van der Waals surface area (Å²) in [6.45, 7) is 3.12. The van der Waals surface area contributed by atoms with Crippen molar-refractivity contribution in [2.75, 3.05) is 13.7 Å². The number of hydrogen-bond donors (Lipinski definition) is 3. The Bertz CT molecular complexity index is 1240. The second kappa shape index (κ2) is 11.5. The average molecular weight is 549 g/mol. The highest BCUT2D eigenvalue weighted by molar-refractivity contribution is 6.42. The third-order valence-electron chi connectivity index (χ3n) is 6.96. The van der Waals surface area contributed by atoms with E-state index >= 15 is 0 Å². The highest BCUT2D eigenvalue weighted by Crippen LogP contribution is 2.39. The van der Waals surface area contributed by atoms with E-state index in [1.54, 1.807) is 13.2 Å². The van der Waals surface area contributed by atoms with Crippen LogP contribution < -0.4 is 9.47 Å². The van der Waals surface area contributed by atoms with Crippen LogP contribution in [0.5, 0.6) is 23.3 Å². The fourth-order valence-electron chi connectivity index (χ4n) is 4.67. The molecule has 3 aromatic rings. The number of nitrogens with zero attached hydrogens (tertiary/aromatic N) is 2. The predicted octanol–water partition coefficient (Wildman–Crippen LogP) is 5.72. The minimum Gasteiger partial charge on any atom is -0.494 e. The van der Waals surface area contributed by atoms with Crippen molar-refractivity contribution in [2.24, 2.45) is 5.92 Å². The molecular formula is C27H30Cl2N2O6. The summed E-state index contributed by atoms with van der Waals surface area (Å²) in [6, 6.07) is 14.2. The Balaban J connectivity index is 1.50. The first-order valence-electron chi connectivity index (χ1n) is 12.0. The summed E-state index contributed by atoms with van der Waals surface area (Å²) in [7, 11) is 1.56. The van der Waals surface area contributed by atoms with Gasteiger partial charge in [0.15, 0.2) is 23.3 Å². The van der Waals surface area contributed by atoms with Crippen LogP contribution in [-0.2, 0) is 17.9 Å². The quantitative estimate of drug-likeness (QED) is 0.281. The third kappa shape index (κ3) is 6.09. The first-order chi connectivity index (χ1) is 17.7. The van der Waals surface area contributed by atoms with Gasteiger partial charge in [0.2, 0.25) is 0 Å². The van der Waals surface area contributed by atoms with Gasteiger partial charge >= 0.3 is 5.97 Å². The summed E-state index contributed by atoms with van der Waals surface area (Å²) in [5.41, 5.74) is 1.98. The van der Waals surface area contributed by atoms with Crippen molar-refractivity contribution in [3.8, 4) is 23.3 Å². The largest absolute Gasteiger partial charge is 0.494 e. The van der Waals surface area contributed by atoms with E-state index in [9.17, 15) is 20.1 Å². The molecule has 1 aliphatic rings. The number of aromatic hydroxyl groups is 2. The molecule has 0 amide bonds. The first-order valence-corrected chi connectivity index (χ1v) is 12.7. The molecule has 1 heterocycles. The van der Waals surface area contributed by atoms with Gasteiger partial charge in [0.05, 0.1) is 29.6 Å². The monoisotopic (exact) mass is 548 g/mol. The summed E-state index contributed by atoms with van der Waals surface area (Å²) in [6.07, 6.45) is 1.16. The molecule has 1 unspecified atom stereocenters. The Kier molecular flexibility index (Phi) is 8.42. The lowest BCUT2D eigenvalue weighted by molar-refractivity contribution is -0.147. The second-order valence-corrected chi connectivity index (χ2v) is 10.0. The minimum absolute atomic E-state index is 0.0293. The molecule has 1 fully saturated rings. The number of carbonyl (C=O) groups is 1. The fraction of sp³-hybridized carbons (Fsp3) is 0.370. The summed E-state index contributed by atoms with van der Waals surface area (Å²) in [4.78, 5) is 13.7. The van der Waals surface area contributed by atoms with Crippen molar-refractivity contribution in [3.63, 3.8) is 0 Å². The smallest absolute Gasteiger partial charge is 0.306 e. The first kappa shape index (κ1) is 27.0. The number of hydrogen-bond acceptors (Lipinski definition) is 6. The highest BCUT2D eigenvalue weighted by Gasteiger charge is 2.39. The van der Waals surface area contributed by atoms with Crippen LogP contribution in [0.3, 0.4) is 0 Å². The third-order valence-corrected chi connectivity index (χ3v) is 7.69. The molecule has 0 bridgehead atoms. The van der Waals surface area contributed by atoms with Crippen molar-refractivity contribution in [3.05, 3.63) is 69.7 Å². The molecule has 0 spiro atoms. The molecule has 3 N–H and O–H groups in total. The van der Waals surface area contributed by atoms with Gasteiger partial charge in [0.1, 0.15) is 6.61 Å². The molecule has 37 heavy (non-hydrogen) atoms. The zero-order chi connectivity index (χ0) is 26.7. The van der Waals surface area contributed by atoms with Crippen LogP contribution in [-0.4, -0.2) is 50.5 Å². The van der Waals surface area contributed by atoms with Crippen LogP contribution in [0.25, 0.3) is 0 Å². The maximum Gasteiger partial charge on any atom is 0.306 e. The van der Waals surface area contributed by atoms with E-state index in [2.05, 4.69) is 11.8 Å². The van der Waals surface area contributed by atoms with Gasteiger partial charge in [0.25, 0.3) is 0 Å². The number of halogens is 2. The van der Waals surface area contributed by atoms with Gasteiger partial charge in [-0.05, 0) is 55.2 Å². The lowest BCUT2D eigenvalue weighted by Crippen LogP contribution is -2.47. The van der Waals surface area contributed by atoms with Gasteiger partial charge in [-0.2, -0.15) is 0 Å². The van der Waals surface area contributed by atoms with E-state index in [0.717, 1.165) is 11.1 Å². The zero-order valence-electron chi connectivity index (χ0n) is 20.6. The number of benzene rings is 2. The summed E-state index contributed by atoms with van der Waals surface area (Å²) >= 11 is 12.4. The molecule has 1 aliphatic carbocycles. The zero-order valence-corrected chi connectivity index (χ0v) is 22.1. The molecule has 0 radical (unpaired) electrons. The Morgan fingerprint density at radius 2 is 1.76 bits per heavy atom. The molecule has 4 rings (SSSR count). The molecule has 2 aromatic carbocycles. The number of aliphatic carboxylic acids is 1. The van der Waals surface area contributed by atoms with Gasteiger partial charge in [-0.1, -0.05) is 35.3 Å². The van der Waals surface area contributed by atoms with Gasteiger partial charge in [-0.15, -0.1) is 0 Å². The van der Waals surface area contributed by atoms with E-state index in [-0.39, 0.29) is 42.9 Å². The van der Waals surface area contributed by atoms with Crippen molar-refractivity contribution in [1.82, 2.24) is 9.47 Å². The van der Waals surface area contributed by atoms with Crippen molar-refractivity contribution in [1.29, 1.82) is 0 Å². The summed E-state index contributed by atoms with van der Waals surface area (Å²) < 4.78 is 12.8. The lowest BCUT2D eigenvalue weighted by atomic mass is 9.78. The molecule has 1 atom stereocenters. The predicted molar refractivity (Wildman–Crippen MR) is 141 cm³/mol. The number of rotatable bonds is 11. The maximum atomic E-state index is 11.4. The van der Waals surface area contributed by atoms with Crippen molar-refractivity contribution < 1.29 is 29.6 Å². The number of carboxylic acids is 1. The topological polar surface area (TPSA) is 104 Å². The number of ether oxygens (including phenoxy) is 2. The molecular weight excluding hydrogens is 519 g/mol. The van der Waals surface area contributed by atoms with Gasteiger partial charge < -0.3 is 24.8 Å². The molecule has 1 aromatic heterocycles. The standard InChI is InChI=1S/C27H30Cl2N2O6/c1-16(18-4-5-21(28)22(29)14-18)31(20-12-19(13-20)27(34)35)15-17-3-6-23(24(11-17)36-2)37-10-9-30-25(32)7-8-26(30)33/h3-8,11,14,16,19-20,32-33H,9-10,12-13,15H2,1-2H3,(H,34,35). The van der Waals surface area contributed by atoms with Crippen LogP contribution in [0.15, 0.2) is 48.5 Å². The van der Waals surface area contributed by atoms with Crippen LogP contribution in [0.2, 0.25) is 10.0 Å². The molecule has 0 aliphatic heterocycles. The second-order valence-electron chi connectivity index (χ2n) is 9.22. The van der Waals surface area contributed by atoms with E-state index in [4.69, 9.17) is 32.7 Å². The van der Waals surface area contributed by atoms with E-state index < -0.39 is 5.97 Å². The summed E-state index contributed by atoms with van der Waals surface area (Å²) in [5, 5.41) is 29.9. The van der Waals surface area contributed by atoms with Crippen LogP contribution >= 0.6 is 23.2 Å². The normalized spacial score (nSPS) is 17.9. The van der Waals surface area contributed by atoms with Crippen LogP contribution in [0.1, 0.15) is 36.9 Å². The lowest BCUT2D eigenvalue weighted by Gasteiger charge is -2.44. The van der Waals surface area contributed by atoms with E-state index in [1.807, 2.05) is 30.3 Å². The Hall–Kier alpha value is -3.07. The molecule has 198 valence electrons. The van der Waals surface area contributed by atoms with E-state index in [1.165, 1.54) is 16.7 Å². The maximum absolute atomic E-state index is 11.4. The highest BCUT2D eigenvalue weighted by atomic mass is 35.5.